The molecule has 38 heavy (non-hydrogen) atoms. The van der Waals surface area contributed by atoms with Crippen molar-refractivity contribution < 1.29 is 37.0 Å². The third-order valence-corrected chi connectivity index (χ3v) is 7.19. The Kier molecular flexibility index (Phi) is 9.43. The maximum atomic E-state index is 14.5. The number of alkyl halides is 3. The molecular formula is C28H28F3NO5S. The van der Waals surface area contributed by atoms with E-state index in [9.17, 15) is 27.6 Å². The van der Waals surface area contributed by atoms with Crippen LogP contribution in [-0.4, -0.2) is 31.3 Å². The van der Waals surface area contributed by atoms with Crippen LogP contribution in [0.2, 0.25) is 0 Å². The van der Waals surface area contributed by atoms with Crippen molar-refractivity contribution in [3.05, 3.63) is 88.3 Å². The van der Waals surface area contributed by atoms with Crippen molar-refractivity contribution in [1.29, 1.82) is 0 Å². The van der Waals surface area contributed by atoms with E-state index < -0.39 is 34.8 Å². The van der Waals surface area contributed by atoms with Gasteiger partial charge in [-0.15, -0.1) is 0 Å². The van der Waals surface area contributed by atoms with Crippen LogP contribution in [0.1, 0.15) is 69.3 Å². The Labute approximate surface area is 223 Å². The molecule has 0 saturated heterocycles. The van der Waals surface area contributed by atoms with Crippen LogP contribution in [0.5, 0.6) is 0 Å². The predicted octanol–water partition coefficient (Wildman–Crippen LogP) is 6.86. The number of benzene rings is 2. The number of halogens is 3. The van der Waals surface area contributed by atoms with Crippen molar-refractivity contribution in [3.63, 3.8) is 0 Å². The van der Waals surface area contributed by atoms with Gasteiger partial charge in [0.25, 0.3) is 0 Å². The van der Waals surface area contributed by atoms with Crippen LogP contribution < -0.4 is 4.90 Å². The summed E-state index contributed by atoms with van der Waals surface area (Å²) in [5.41, 5.74) is -1.13. The van der Waals surface area contributed by atoms with E-state index in [4.69, 9.17) is 4.74 Å². The van der Waals surface area contributed by atoms with Crippen LogP contribution in [0.25, 0.3) is 0 Å². The molecule has 6 nitrogen and oxygen atoms in total. The summed E-state index contributed by atoms with van der Waals surface area (Å²) < 4.78 is 52.9. The van der Waals surface area contributed by atoms with Gasteiger partial charge in [0, 0.05) is 24.1 Å². The number of thioether (sulfide) groups is 1. The van der Waals surface area contributed by atoms with E-state index in [2.05, 4.69) is 4.74 Å². The van der Waals surface area contributed by atoms with Crippen LogP contribution in [0.3, 0.4) is 0 Å². The minimum Gasteiger partial charge on any atom is -0.465 e. The molecule has 0 bridgehead atoms. The highest BCUT2D eigenvalue weighted by atomic mass is 32.2. The first-order chi connectivity index (χ1) is 18.0. The average Bonchev–Trinajstić information content (AvgIpc) is 2.89. The molecule has 202 valence electrons. The van der Waals surface area contributed by atoms with Gasteiger partial charge in [0.2, 0.25) is 0 Å². The second kappa shape index (κ2) is 12.3. The summed E-state index contributed by atoms with van der Waals surface area (Å²) in [5, 5.41) is -0.530. The minimum absolute atomic E-state index is 0.0121. The first kappa shape index (κ1) is 29.0. The Bertz CT molecular complexity index is 1270. The number of carbonyl (C=O) groups is 3. The van der Waals surface area contributed by atoms with Crippen molar-refractivity contribution in [1.82, 2.24) is 0 Å². The lowest BCUT2D eigenvalue weighted by Crippen LogP contribution is -2.26. The zero-order valence-electron chi connectivity index (χ0n) is 21.4. The maximum Gasteiger partial charge on any atom is 0.418 e. The molecule has 0 saturated carbocycles. The monoisotopic (exact) mass is 547 g/mol. The van der Waals surface area contributed by atoms with Gasteiger partial charge < -0.3 is 14.4 Å². The summed E-state index contributed by atoms with van der Waals surface area (Å²) in [4.78, 5) is 39.2. The van der Waals surface area contributed by atoms with Crippen LogP contribution in [-0.2, 0) is 26.9 Å². The molecule has 1 aliphatic heterocycles. The van der Waals surface area contributed by atoms with E-state index in [1.165, 1.54) is 6.92 Å². The molecule has 0 fully saturated rings. The van der Waals surface area contributed by atoms with Gasteiger partial charge in [0.1, 0.15) is 0 Å². The second-order valence-electron chi connectivity index (χ2n) is 8.54. The first-order valence-corrected chi connectivity index (χ1v) is 12.7. The summed E-state index contributed by atoms with van der Waals surface area (Å²) in [7, 11) is 1.96. The van der Waals surface area contributed by atoms with E-state index >= 15 is 0 Å². The molecule has 1 atom stereocenters. The highest BCUT2D eigenvalue weighted by Gasteiger charge is 2.43. The third kappa shape index (κ3) is 6.48. The topological polar surface area (TPSA) is 72.9 Å². The van der Waals surface area contributed by atoms with Gasteiger partial charge in [-0.2, -0.15) is 13.2 Å². The highest BCUT2D eigenvalue weighted by Crippen LogP contribution is 2.44. The largest absolute Gasteiger partial charge is 0.465 e. The molecule has 3 rings (SSSR count). The Balaban J connectivity index is 2.30. The fourth-order valence-corrected chi connectivity index (χ4v) is 5.33. The molecule has 1 heterocycles. The molecule has 1 aliphatic rings. The Hall–Kier alpha value is -3.53. The zero-order valence-corrected chi connectivity index (χ0v) is 22.2. The molecule has 0 aliphatic carbocycles. The van der Waals surface area contributed by atoms with Gasteiger partial charge in [-0.05, 0) is 43.4 Å². The van der Waals surface area contributed by atoms with Crippen LogP contribution in [0.15, 0.2) is 60.4 Å². The summed E-state index contributed by atoms with van der Waals surface area (Å²) in [6.07, 6.45) is 1.15. The molecule has 0 spiro atoms. The van der Waals surface area contributed by atoms with Crippen LogP contribution in [0, 0.1) is 0 Å². The number of esters is 2. The quantitative estimate of drug-likeness (QED) is 0.334. The van der Waals surface area contributed by atoms with Crippen molar-refractivity contribution in [2.45, 2.75) is 44.5 Å². The van der Waals surface area contributed by atoms with Crippen molar-refractivity contribution in [2.24, 2.45) is 0 Å². The van der Waals surface area contributed by atoms with E-state index in [-0.39, 0.29) is 34.5 Å². The van der Waals surface area contributed by atoms with E-state index in [0.29, 0.717) is 12.1 Å². The number of rotatable bonds is 8. The number of anilines is 1. The minimum atomic E-state index is -5.06. The maximum absolute atomic E-state index is 14.5. The smallest absolute Gasteiger partial charge is 0.418 e. The molecular weight excluding hydrogens is 519 g/mol. The van der Waals surface area contributed by atoms with Crippen LogP contribution >= 0.6 is 11.8 Å². The number of hydrogen-bond acceptors (Lipinski definition) is 7. The second-order valence-corrected chi connectivity index (χ2v) is 9.92. The van der Waals surface area contributed by atoms with Gasteiger partial charge in [-0.1, -0.05) is 54.2 Å². The zero-order chi connectivity index (χ0) is 28.0. The molecule has 1 unspecified atom stereocenters. The molecule has 0 amide bonds. The van der Waals surface area contributed by atoms with Crippen molar-refractivity contribution >= 4 is 34.5 Å². The lowest BCUT2D eigenvalue weighted by atomic mass is 9.89. The molecule has 10 heteroatoms. The summed E-state index contributed by atoms with van der Waals surface area (Å²) in [6, 6.07) is 10.2. The van der Waals surface area contributed by atoms with Gasteiger partial charge >= 0.3 is 18.1 Å². The highest BCUT2D eigenvalue weighted by molar-refractivity contribution is 8.13. The first-order valence-electron chi connectivity index (χ1n) is 11.8. The van der Waals surface area contributed by atoms with E-state index in [1.807, 2.05) is 42.5 Å². The summed E-state index contributed by atoms with van der Waals surface area (Å²) in [6.45, 7) is 3.20. The molecule has 0 radical (unpaired) electrons. The number of ether oxygens (including phenoxy) is 2. The van der Waals surface area contributed by atoms with Gasteiger partial charge in [-0.25, -0.2) is 9.59 Å². The van der Waals surface area contributed by atoms with Crippen LogP contribution in [0.4, 0.5) is 18.9 Å². The summed E-state index contributed by atoms with van der Waals surface area (Å²) in [5.74, 6) is -2.45. The lowest BCUT2D eigenvalue weighted by Gasteiger charge is -2.30. The number of nitrogens with zero attached hydrogens (tertiary/aromatic N) is 1. The summed E-state index contributed by atoms with van der Waals surface area (Å²) >= 11 is 1.06. The Morgan fingerprint density at radius 1 is 1.08 bits per heavy atom. The molecule has 2 aromatic carbocycles. The van der Waals surface area contributed by atoms with Crippen molar-refractivity contribution in [3.8, 4) is 0 Å². The normalized spacial score (nSPS) is 14.1. The number of methoxy groups -OCH3 is 2. The van der Waals surface area contributed by atoms with E-state index in [0.717, 1.165) is 37.6 Å². The van der Waals surface area contributed by atoms with Gasteiger partial charge in [0.15, 0.2) is 5.12 Å². The fraction of sp³-hybridized carbons (Fsp3) is 0.321. The molecule has 0 N–H and O–H groups in total. The third-order valence-electron chi connectivity index (χ3n) is 6.07. The average molecular weight is 548 g/mol. The lowest BCUT2D eigenvalue weighted by molar-refractivity contribution is -0.138. The number of carbonyl (C=O) groups excluding carboxylic acids is 3. The van der Waals surface area contributed by atoms with Crippen molar-refractivity contribution in [2.75, 3.05) is 19.1 Å². The van der Waals surface area contributed by atoms with E-state index in [1.54, 1.807) is 18.0 Å². The number of allylic oxidation sites excluding steroid dienone is 3. The SMILES string of the molecule is COC(=O)c1cc(N2C=CCC=C2C)c(CCC(SC(C)=O)c2ccccc2)c(C(=O)OC)c1C(F)(F)F. The molecule has 0 aromatic heterocycles. The Morgan fingerprint density at radius 2 is 1.74 bits per heavy atom. The fourth-order valence-electron chi connectivity index (χ4n) is 4.40. The standard InChI is InChI=1S/C28H28F3NO5S/c1-17-10-8-9-15-32(17)22-16-21(26(34)36-3)25(28(29,30)31)24(27(35)37-4)20(22)13-14-23(38-18(2)33)19-11-6-5-7-12-19/h5-7,9-12,15-16,23H,8,13-14H2,1-4H3. The van der Waals surface area contributed by atoms with Gasteiger partial charge in [-0.3, -0.25) is 4.79 Å². The number of hydrogen-bond donors (Lipinski definition) is 0. The van der Waals surface area contributed by atoms with Gasteiger partial charge in [0.05, 0.1) is 36.6 Å². The predicted molar refractivity (Wildman–Crippen MR) is 140 cm³/mol. The molecule has 2 aromatic rings. The Morgan fingerprint density at radius 3 is 2.29 bits per heavy atom.